The molecule has 0 fully saturated rings. The van der Waals surface area contributed by atoms with E-state index < -0.39 is 0 Å². The van der Waals surface area contributed by atoms with Crippen molar-refractivity contribution in [3.05, 3.63) is 66.0 Å². The van der Waals surface area contributed by atoms with Crippen molar-refractivity contribution in [2.75, 3.05) is 19.0 Å². The monoisotopic (exact) mass is 429 g/mol. The Morgan fingerprint density at radius 1 is 1.00 bits per heavy atom. The Morgan fingerprint density at radius 2 is 1.76 bits per heavy atom. The van der Waals surface area contributed by atoms with E-state index in [4.69, 9.17) is 9.47 Å². The predicted molar refractivity (Wildman–Crippen MR) is 115 cm³/mol. The highest BCUT2D eigenvalue weighted by molar-refractivity contribution is 7.99. The minimum atomic E-state index is -0.301. The van der Waals surface area contributed by atoms with Gasteiger partial charge in [-0.15, -0.1) is 22.0 Å². The Kier molecular flexibility index (Phi) is 8.01. The van der Waals surface area contributed by atoms with E-state index >= 15 is 0 Å². The second-order valence-electron chi connectivity index (χ2n) is 6.23. The molecule has 8 heteroatoms. The third-order valence-corrected chi connectivity index (χ3v) is 5.99. The number of carbonyl (C=O) groups is 1. The van der Waals surface area contributed by atoms with Crippen molar-refractivity contribution in [1.29, 1.82) is 0 Å². The number of carbonyl (C=O) groups excluding carboxylic acids is 1. The molecule has 0 aliphatic carbocycles. The number of esters is 1. The van der Waals surface area contributed by atoms with Gasteiger partial charge >= 0.3 is 5.97 Å². The second-order valence-corrected chi connectivity index (χ2v) is 8.22. The van der Waals surface area contributed by atoms with E-state index in [-0.39, 0.29) is 18.3 Å². The van der Waals surface area contributed by atoms with E-state index in [0.29, 0.717) is 17.5 Å². The van der Waals surface area contributed by atoms with Crippen LogP contribution in [0.15, 0.2) is 64.6 Å². The molecule has 29 heavy (non-hydrogen) atoms. The molecule has 152 valence electrons. The fourth-order valence-corrected chi connectivity index (χ4v) is 3.98. The largest absolute Gasteiger partial charge is 0.490 e. The summed E-state index contributed by atoms with van der Waals surface area (Å²) in [5.74, 6) is 2.22. The Labute approximate surface area is 179 Å². The quantitative estimate of drug-likeness (QED) is 0.273. The third-order valence-electron chi connectivity index (χ3n) is 3.99. The molecule has 0 spiro atoms. The molecule has 0 atom stereocenters. The van der Waals surface area contributed by atoms with Crippen LogP contribution >= 0.6 is 23.5 Å². The molecule has 3 aromatic rings. The minimum Gasteiger partial charge on any atom is -0.490 e. The van der Waals surface area contributed by atoms with Crippen molar-refractivity contribution in [2.45, 2.75) is 22.7 Å². The SMILES string of the molecule is Cc1ccc(SCc2nnc(SCC(=O)OCCOc3ccccc3)n2C)cc1. The fraction of sp³-hybridized carbons (Fsp3) is 0.286. The van der Waals surface area contributed by atoms with Gasteiger partial charge in [0.25, 0.3) is 0 Å². The van der Waals surface area contributed by atoms with Crippen LogP contribution in [0.4, 0.5) is 0 Å². The van der Waals surface area contributed by atoms with Gasteiger partial charge in [0.2, 0.25) is 0 Å². The first-order valence-corrected chi connectivity index (χ1v) is 11.1. The molecule has 2 aromatic carbocycles. The normalized spacial score (nSPS) is 10.7. The van der Waals surface area contributed by atoms with Crippen molar-refractivity contribution >= 4 is 29.5 Å². The van der Waals surface area contributed by atoms with Crippen LogP contribution in [0, 0.1) is 6.92 Å². The fourth-order valence-electron chi connectivity index (χ4n) is 2.38. The minimum absolute atomic E-state index is 0.183. The molecule has 0 aliphatic heterocycles. The summed E-state index contributed by atoms with van der Waals surface area (Å²) in [6, 6.07) is 17.8. The van der Waals surface area contributed by atoms with Crippen LogP contribution in [0.1, 0.15) is 11.4 Å². The van der Waals surface area contributed by atoms with Gasteiger partial charge in [-0.25, -0.2) is 0 Å². The van der Waals surface area contributed by atoms with Crippen LogP contribution in [0.25, 0.3) is 0 Å². The number of hydrogen-bond acceptors (Lipinski definition) is 7. The zero-order valence-corrected chi connectivity index (χ0v) is 18.0. The van der Waals surface area contributed by atoms with Gasteiger partial charge in [0.1, 0.15) is 24.8 Å². The van der Waals surface area contributed by atoms with Gasteiger partial charge < -0.3 is 14.0 Å². The van der Waals surface area contributed by atoms with Crippen LogP contribution in [-0.4, -0.2) is 39.7 Å². The van der Waals surface area contributed by atoms with E-state index in [9.17, 15) is 4.79 Å². The number of hydrogen-bond donors (Lipinski definition) is 0. The molecule has 0 unspecified atom stereocenters. The lowest BCUT2D eigenvalue weighted by molar-refractivity contribution is -0.141. The van der Waals surface area contributed by atoms with Crippen LogP contribution in [-0.2, 0) is 22.3 Å². The molecule has 0 saturated carbocycles. The molecule has 6 nitrogen and oxygen atoms in total. The molecular formula is C21H23N3O3S2. The summed E-state index contributed by atoms with van der Waals surface area (Å²) in [6.07, 6.45) is 0. The van der Waals surface area contributed by atoms with Crippen LogP contribution in [0.2, 0.25) is 0 Å². The summed E-state index contributed by atoms with van der Waals surface area (Å²) < 4.78 is 12.6. The van der Waals surface area contributed by atoms with Crippen molar-refractivity contribution in [3.63, 3.8) is 0 Å². The first kappa shape index (κ1) is 21.3. The maximum absolute atomic E-state index is 11.9. The topological polar surface area (TPSA) is 66.2 Å². The molecule has 0 radical (unpaired) electrons. The van der Waals surface area contributed by atoms with Crippen LogP contribution < -0.4 is 4.74 Å². The van der Waals surface area contributed by atoms with Crippen molar-refractivity contribution in [3.8, 4) is 5.75 Å². The predicted octanol–water partition coefficient (Wildman–Crippen LogP) is 4.13. The maximum atomic E-state index is 11.9. The van der Waals surface area contributed by atoms with Gasteiger partial charge in [0.05, 0.1) is 11.5 Å². The van der Waals surface area contributed by atoms with Crippen molar-refractivity contribution < 1.29 is 14.3 Å². The smallest absolute Gasteiger partial charge is 0.316 e. The first-order valence-electron chi connectivity index (χ1n) is 9.16. The number of rotatable bonds is 10. The lowest BCUT2D eigenvalue weighted by Gasteiger charge is -2.07. The second kappa shape index (κ2) is 10.9. The van der Waals surface area contributed by atoms with E-state index in [0.717, 1.165) is 11.6 Å². The highest BCUT2D eigenvalue weighted by Crippen LogP contribution is 2.24. The lowest BCUT2D eigenvalue weighted by Crippen LogP contribution is -2.14. The molecular weight excluding hydrogens is 406 g/mol. The average Bonchev–Trinajstić information content (AvgIpc) is 3.09. The summed E-state index contributed by atoms with van der Waals surface area (Å²) in [4.78, 5) is 13.1. The Hall–Kier alpha value is -2.45. The summed E-state index contributed by atoms with van der Waals surface area (Å²) in [5, 5.41) is 9.11. The zero-order chi connectivity index (χ0) is 20.5. The van der Waals surface area contributed by atoms with Gasteiger partial charge in [-0.1, -0.05) is 47.7 Å². The highest BCUT2D eigenvalue weighted by atomic mass is 32.2. The van der Waals surface area contributed by atoms with E-state index in [1.165, 1.54) is 22.2 Å². The summed E-state index contributed by atoms with van der Waals surface area (Å²) in [5.41, 5.74) is 1.24. The zero-order valence-electron chi connectivity index (χ0n) is 16.4. The molecule has 0 bridgehead atoms. The number of aryl methyl sites for hydroxylation is 1. The van der Waals surface area contributed by atoms with Gasteiger partial charge in [0, 0.05) is 11.9 Å². The van der Waals surface area contributed by atoms with E-state index in [1.807, 2.05) is 41.9 Å². The summed E-state index contributed by atoms with van der Waals surface area (Å²) in [7, 11) is 1.91. The van der Waals surface area contributed by atoms with Crippen molar-refractivity contribution in [2.24, 2.45) is 7.05 Å². The maximum Gasteiger partial charge on any atom is 0.316 e. The Balaban J connectivity index is 1.37. The number of benzene rings is 2. The van der Waals surface area contributed by atoms with Gasteiger partial charge in [-0.05, 0) is 31.2 Å². The first-order chi connectivity index (χ1) is 14.1. The summed E-state index contributed by atoms with van der Waals surface area (Å²) >= 11 is 3.03. The van der Waals surface area contributed by atoms with Gasteiger partial charge in [-0.3, -0.25) is 4.79 Å². The van der Waals surface area contributed by atoms with Gasteiger partial charge in [0.15, 0.2) is 5.16 Å². The molecule has 0 saturated heterocycles. The number of ether oxygens (including phenoxy) is 2. The molecule has 1 aromatic heterocycles. The Morgan fingerprint density at radius 3 is 2.52 bits per heavy atom. The molecule has 0 amide bonds. The molecule has 3 rings (SSSR count). The number of para-hydroxylation sites is 1. The van der Waals surface area contributed by atoms with Crippen LogP contribution in [0.3, 0.4) is 0 Å². The van der Waals surface area contributed by atoms with E-state index in [1.54, 1.807) is 11.8 Å². The summed E-state index contributed by atoms with van der Waals surface area (Å²) in [6.45, 7) is 2.61. The molecule has 0 N–H and O–H groups in total. The number of aromatic nitrogens is 3. The third kappa shape index (κ3) is 6.83. The van der Waals surface area contributed by atoms with E-state index in [2.05, 4.69) is 41.4 Å². The molecule has 1 heterocycles. The van der Waals surface area contributed by atoms with Crippen molar-refractivity contribution in [1.82, 2.24) is 14.8 Å². The molecule has 0 aliphatic rings. The number of thioether (sulfide) groups is 2. The Bertz CT molecular complexity index is 915. The average molecular weight is 430 g/mol. The standard InChI is InChI=1S/C21H23N3O3S2/c1-16-8-10-18(11-9-16)28-14-19-22-23-21(24(19)2)29-15-20(25)27-13-12-26-17-6-4-3-5-7-17/h3-11H,12-15H2,1-2H3. The highest BCUT2D eigenvalue weighted by Gasteiger charge is 2.12. The van der Waals surface area contributed by atoms with Gasteiger partial charge in [-0.2, -0.15) is 0 Å². The lowest BCUT2D eigenvalue weighted by atomic mass is 10.2. The van der Waals surface area contributed by atoms with Crippen LogP contribution in [0.5, 0.6) is 5.75 Å². The number of nitrogens with zero attached hydrogens (tertiary/aromatic N) is 3.